The second kappa shape index (κ2) is 6.14. The van der Waals surface area contributed by atoms with Gasteiger partial charge in [0.25, 0.3) is 5.56 Å². The van der Waals surface area contributed by atoms with Gasteiger partial charge in [0.15, 0.2) is 17.0 Å². The summed E-state index contributed by atoms with van der Waals surface area (Å²) in [6.07, 6.45) is 1.38. The Morgan fingerprint density at radius 2 is 1.85 bits per heavy atom. The Hall–Kier alpha value is -3.42. The van der Waals surface area contributed by atoms with Crippen LogP contribution in [0.15, 0.2) is 59.7 Å². The third-order valence-corrected chi connectivity index (χ3v) is 4.23. The first kappa shape index (κ1) is 16.1. The van der Waals surface area contributed by atoms with Gasteiger partial charge in [0.05, 0.1) is 6.04 Å². The van der Waals surface area contributed by atoms with Crippen LogP contribution in [0.4, 0.5) is 8.78 Å². The first-order chi connectivity index (χ1) is 12.6. The molecule has 4 rings (SSSR count). The van der Waals surface area contributed by atoms with Gasteiger partial charge in [-0.1, -0.05) is 35.5 Å². The fourth-order valence-electron chi connectivity index (χ4n) is 2.81. The molecule has 2 aromatic heterocycles. The monoisotopic (exact) mass is 353 g/mol. The topological polar surface area (TPSA) is 65.6 Å². The molecule has 0 aliphatic rings. The lowest BCUT2D eigenvalue weighted by Gasteiger charge is -2.14. The summed E-state index contributed by atoms with van der Waals surface area (Å²) in [4.78, 5) is 17.0. The molecule has 0 radical (unpaired) electrons. The quantitative estimate of drug-likeness (QED) is 0.568. The zero-order chi connectivity index (χ0) is 18.3. The minimum absolute atomic E-state index is 0.0130. The number of benzene rings is 2. The van der Waals surface area contributed by atoms with E-state index in [9.17, 15) is 13.6 Å². The van der Waals surface area contributed by atoms with Crippen molar-refractivity contribution in [3.63, 3.8) is 0 Å². The summed E-state index contributed by atoms with van der Waals surface area (Å²) >= 11 is 0. The summed E-state index contributed by atoms with van der Waals surface area (Å²) in [5.74, 6) is -1.52. The highest BCUT2D eigenvalue weighted by Crippen LogP contribution is 2.19. The predicted octanol–water partition coefficient (Wildman–Crippen LogP) is 2.86. The molecule has 0 fully saturated rings. The Morgan fingerprint density at radius 1 is 1.08 bits per heavy atom. The van der Waals surface area contributed by atoms with Crippen LogP contribution in [0.2, 0.25) is 0 Å². The summed E-state index contributed by atoms with van der Waals surface area (Å²) in [5, 5.41) is 7.67. The van der Waals surface area contributed by atoms with Gasteiger partial charge in [0.1, 0.15) is 17.8 Å². The van der Waals surface area contributed by atoms with Crippen molar-refractivity contribution in [1.29, 1.82) is 0 Å². The lowest BCUT2D eigenvalue weighted by atomic mass is 10.1. The Labute approximate surface area is 146 Å². The molecule has 0 spiro atoms. The molecule has 0 saturated carbocycles. The van der Waals surface area contributed by atoms with Crippen LogP contribution in [0.5, 0.6) is 0 Å². The molecule has 4 aromatic rings. The van der Waals surface area contributed by atoms with Crippen molar-refractivity contribution in [3.05, 3.63) is 82.4 Å². The van der Waals surface area contributed by atoms with Crippen LogP contribution in [0.1, 0.15) is 18.5 Å². The summed E-state index contributed by atoms with van der Waals surface area (Å²) in [6, 6.07) is 12.3. The van der Waals surface area contributed by atoms with E-state index in [-0.39, 0.29) is 28.5 Å². The van der Waals surface area contributed by atoms with E-state index in [2.05, 4.69) is 15.3 Å². The van der Waals surface area contributed by atoms with E-state index in [1.54, 1.807) is 0 Å². The summed E-state index contributed by atoms with van der Waals surface area (Å²) in [6.45, 7) is 1.87. The SMILES string of the molecule is C[C@@H](c1ccccc1)n1cnc2c(nnn2-c2ccc(F)cc2F)c1=O. The minimum Gasteiger partial charge on any atom is -0.290 e. The summed E-state index contributed by atoms with van der Waals surface area (Å²) in [7, 11) is 0. The number of hydrogen-bond donors (Lipinski definition) is 0. The van der Waals surface area contributed by atoms with Gasteiger partial charge in [-0.25, -0.2) is 13.8 Å². The highest BCUT2D eigenvalue weighted by molar-refractivity contribution is 5.70. The average Bonchev–Trinajstić information content (AvgIpc) is 3.07. The Morgan fingerprint density at radius 3 is 2.58 bits per heavy atom. The van der Waals surface area contributed by atoms with Crippen molar-refractivity contribution in [1.82, 2.24) is 24.5 Å². The van der Waals surface area contributed by atoms with Gasteiger partial charge in [-0.15, -0.1) is 5.10 Å². The molecule has 2 aromatic carbocycles. The Kier molecular flexibility index (Phi) is 3.80. The van der Waals surface area contributed by atoms with Gasteiger partial charge >= 0.3 is 0 Å². The highest BCUT2D eigenvalue weighted by atomic mass is 19.1. The number of hydrogen-bond acceptors (Lipinski definition) is 4. The molecule has 0 unspecified atom stereocenters. The number of nitrogens with zero attached hydrogens (tertiary/aromatic N) is 5. The molecule has 26 heavy (non-hydrogen) atoms. The van der Waals surface area contributed by atoms with E-state index in [0.29, 0.717) is 0 Å². The maximum Gasteiger partial charge on any atom is 0.284 e. The number of halogens is 2. The van der Waals surface area contributed by atoms with Gasteiger partial charge in [-0.05, 0) is 24.6 Å². The van der Waals surface area contributed by atoms with Crippen LogP contribution in [0.3, 0.4) is 0 Å². The number of rotatable bonds is 3. The molecular formula is C18H13F2N5O. The Balaban J connectivity index is 1.85. The van der Waals surface area contributed by atoms with Gasteiger partial charge in [0, 0.05) is 6.07 Å². The van der Waals surface area contributed by atoms with Crippen molar-refractivity contribution in [2.75, 3.05) is 0 Å². The van der Waals surface area contributed by atoms with E-state index < -0.39 is 11.6 Å². The van der Waals surface area contributed by atoms with Crippen LogP contribution >= 0.6 is 0 Å². The Bertz CT molecular complexity index is 1150. The van der Waals surface area contributed by atoms with E-state index in [1.165, 1.54) is 17.0 Å². The van der Waals surface area contributed by atoms with Crippen molar-refractivity contribution in [2.24, 2.45) is 0 Å². The molecule has 8 heteroatoms. The van der Waals surface area contributed by atoms with Crippen molar-refractivity contribution >= 4 is 11.2 Å². The molecule has 0 N–H and O–H groups in total. The second-order valence-electron chi connectivity index (χ2n) is 5.81. The predicted molar refractivity (Wildman–Crippen MR) is 91.1 cm³/mol. The lowest BCUT2D eigenvalue weighted by Crippen LogP contribution is -2.24. The van der Waals surface area contributed by atoms with Crippen molar-refractivity contribution < 1.29 is 8.78 Å². The molecule has 0 saturated heterocycles. The van der Waals surface area contributed by atoms with Crippen molar-refractivity contribution in [2.45, 2.75) is 13.0 Å². The molecule has 0 aliphatic heterocycles. The van der Waals surface area contributed by atoms with Crippen LogP contribution < -0.4 is 5.56 Å². The number of aromatic nitrogens is 5. The lowest BCUT2D eigenvalue weighted by molar-refractivity contribution is 0.572. The summed E-state index contributed by atoms with van der Waals surface area (Å²) < 4.78 is 29.7. The van der Waals surface area contributed by atoms with Crippen molar-refractivity contribution in [3.8, 4) is 5.69 Å². The highest BCUT2D eigenvalue weighted by Gasteiger charge is 2.18. The third-order valence-electron chi connectivity index (χ3n) is 4.23. The normalized spacial score (nSPS) is 12.4. The molecule has 0 aliphatic carbocycles. The zero-order valence-electron chi connectivity index (χ0n) is 13.7. The molecule has 1 atom stereocenters. The van der Waals surface area contributed by atoms with Crippen LogP contribution in [-0.4, -0.2) is 24.5 Å². The second-order valence-corrected chi connectivity index (χ2v) is 5.81. The van der Waals surface area contributed by atoms with E-state index in [1.807, 2.05) is 37.3 Å². The van der Waals surface area contributed by atoms with E-state index >= 15 is 0 Å². The zero-order valence-corrected chi connectivity index (χ0v) is 13.7. The molecule has 130 valence electrons. The standard InChI is InChI=1S/C18H13F2N5O/c1-11(12-5-3-2-4-6-12)24-10-21-17-16(18(24)26)22-23-25(17)15-8-7-13(19)9-14(15)20/h2-11H,1H3/t11-/m0/s1. The van der Waals surface area contributed by atoms with Crippen LogP contribution in [0.25, 0.3) is 16.9 Å². The van der Waals surface area contributed by atoms with Crippen LogP contribution in [-0.2, 0) is 0 Å². The number of fused-ring (bicyclic) bond motifs is 1. The third kappa shape index (κ3) is 2.55. The largest absolute Gasteiger partial charge is 0.290 e. The molecule has 0 amide bonds. The maximum absolute atomic E-state index is 14.0. The smallest absolute Gasteiger partial charge is 0.284 e. The minimum atomic E-state index is -0.819. The van der Waals surface area contributed by atoms with Gasteiger partial charge in [0.2, 0.25) is 0 Å². The fraction of sp³-hybridized carbons (Fsp3) is 0.111. The fourth-order valence-corrected chi connectivity index (χ4v) is 2.81. The van der Waals surface area contributed by atoms with E-state index in [4.69, 9.17) is 0 Å². The van der Waals surface area contributed by atoms with E-state index in [0.717, 1.165) is 22.4 Å². The average molecular weight is 353 g/mol. The molecule has 2 heterocycles. The maximum atomic E-state index is 14.0. The molecule has 6 nitrogen and oxygen atoms in total. The van der Waals surface area contributed by atoms with Gasteiger partial charge < -0.3 is 0 Å². The van der Waals surface area contributed by atoms with Crippen LogP contribution in [0, 0.1) is 11.6 Å². The van der Waals surface area contributed by atoms with Gasteiger partial charge in [-0.3, -0.25) is 9.36 Å². The summed E-state index contributed by atoms with van der Waals surface area (Å²) in [5.41, 5.74) is 0.638. The molecular weight excluding hydrogens is 340 g/mol. The first-order valence-electron chi connectivity index (χ1n) is 7.89. The van der Waals surface area contributed by atoms with Gasteiger partial charge in [-0.2, -0.15) is 4.68 Å². The first-order valence-corrected chi connectivity index (χ1v) is 7.89. The molecule has 0 bridgehead atoms.